The van der Waals surface area contributed by atoms with E-state index in [9.17, 15) is 5.11 Å². The lowest BCUT2D eigenvalue weighted by Crippen LogP contribution is -2.44. The Morgan fingerprint density at radius 2 is 1.80 bits per heavy atom. The van der Waals surface area contributed by atoms with E-state index in [0.29, 0.717) is 12.1 Å². The third kappa shape index (κ3) is 2.84. The number of piperidine rings is 1. The van der Waals surface area contributed by atoms with Crippen molar-refractivity contribution in [2.75, 3.05) is 11.4 Å². The Morgan fingerprint density at radius 1 is 1.15 bits per heavy atom. The number of fused-ring (bicyclic) bond motifs is 2. The smallest absolute Gasteiger partial charge is 0.0579 e. The Balaban J connectivity index is 1.66. The standard InChI is InChI=1S/C17H26N2O/c1-2-9-18-12-13-3-5-14(6-4-13)19-15-7-8-16(19)11-17(20)10-15/h3-6,15-18,20H,2,7-12H2,1H3. The third-order valence-corrected chi connectivity index (χ3v) is 4.70. The van der Waals surface area contributed by atoms with Gasteiger partial charge in [0, 0.05) is 24.3 Å². The van der Waals surface area contributed by atoms with Gasteiger partial charge in [-0.2, -0.15) is 0 Å². The summed E-state index contributed by atoms with van der Waals surface area (Å²) in [5, 5.41) is 13.3. The molecule has 110 valence electrons. The first kappa shape index (κ1) is 13.9. The Morgan fingerprint density at radius 3 is 2.40 bits per heavy atom. The van der Waals surface area contributed by atoms with E-state index in [4.69, 9.17) is 0 Å². The molecular weight excluding hydrogens is 248 g/mol. The highest BCUT2D eigenvalue weighted by atomic mass is 16.3. The number of nitrogens with one attached hydrogen (secondary N) is 1. The lowest BCUT2D eigenvalue weighted by atomic mass is 9.99. The van der Waals surface area contributed by atoms with Gasteiger partial charge in [-0.25, -0.2) is 0 Å². The Labute approximate surface area is 122 Å². The molecule has 0 amide bonds. The Kier molecular flexibility index (Phi) is 4.27. The molecule has 0 spiro atoms. The molecule has 2 saturated heterocycles. The van der Waals surface area contributed by atoms with E-state index < -0.39 is 0 Å². The van der Waals surface area contributed by atoms with Crippen LogP contribution in [0.5, 0.6) is 0 Å². The number of hydrogen-bond acceptors (Lipinski definition) is 3. The van der Waals surface area contributed by atoms with Gasteiger partial charge in [-0.1, -0.05) is 19.1 Å². The lowest BCUT2D eigenvalue weighted by molar-refractivity contribution is 0.126. The van der Waals surface area contributed by atoms with Gasteiger partial charge in [0.05, 0.1) is 6.10 Å². The molecule has 3 rings (SSSR count). The van der Waals surface area contributed by atoms with Crippen molar-refractivity contribution in [2.45, 2.75) is 63.8 Å². The van der Waals surface area contributed by atoms with Crippen LogP contribution < -0.4 is 10.2 Å². The summed E-state index contributed by atoms with van der Waals surface area (Å²) in [6, 6.07) is 10.1. The molecule has 2 aliphatic rings. The average Bonchev–Trinajstić information content (AvgIpc) is 2.72. The summed E-state index contributed by atoms with van der Waals surface area (Å²) in [5.74, 6) is 0. The van der Waals surface area contributed by atoms with Crippen molar-refractivity contribution in [1.82, 2.24) is 5.32 Å². The van der Waals surface area contributed by atoms with Crippen LogP contribution in [0, 0.1) is 0 Å². The van der Waals surface area contributed by atoms with E-state index in [1.807, 2.05) is 0 Å². The summed E-state index contributed by atoms with van der Waals surface area (Å²) >= 11 is 0. The van der Waals surface area contributed by atoms with Crippen LogP contribution >= 0.6 is 0 Å². The number of hydrogen-bond donors (Lipinski definition) is 2. The predicted octanol–water partition coefficient (Wildman–Crippen LogP) is 2.68. The van der Waals surface area contributed by atoms with Crippen LogP contribution in [-0.4, -0.2) is 29.8 Å². The van der Waals surface area contributed by atoms with Gasteiger partial charge >= 0.3 is 0 Å². The van der Waals surface area contributed by atoms with E-state index in [2.05, 4.69) is 41.4 Å². The first-order valence-corrected chi connectivity index (χ1v) is 8.04. The zero-order valence-corrected chi connectivity index (χ0v) is 12.4. The number of aliphatic hydroxyl groups is 1. The molecular formula is C17H26N2O. The van der Waals surface area contributed by atoms with E-state index in [1.54, 1.807) is 0 Å². The first-order chi connectivity index (χ1) is 9.78. The van der Waals surface area contributed by atoms with Crippen LogP contribution in [0.4, 0.5) is 5.69 Å². The molecule has 2 bridgehead atoms. The highest BCUT2D eigenvalue weighted by molar-refractivity contribution is 5.51. The molecule has 2 N–H and O–H groups in total. The van der Waals surface area contributed by atoms with Crippen molar-refractivity contribution in [3.05, 3.63) is 29.8 Å². The predicted molar refractivity (Wildman–Crippen MR) is 83.0 cm³/mol. The second kappa shape index (κ2) is 6.15. The molecule has 0 aromatic heterocycles. The van der Waals surface area contributed by atoms with Crippen LogP contribution in [0.2, 0.25) is 0 Å². The fourth-order valence-electron chi connectivity index (χ4n) is 3.77. The number of benzene rings is 1. The molecule has 0 aliphatic carbocycles. The highest BCUT2D eigenvalue weighted by Gasteiger charge is 2.40. The molecule has 2 unspecified atom stereocenters. The van der Waals surface area contributed by atoms with Gasteiger partial charge in [0.25, 0.3) is 0 Å². The fraction of sp³-hybridized carbons (Fsp3) is 0.647. The van der Waals surface area contributed by atoms with Crippen molar-refractivity contribution in [1.29, 1.82) is 0 Å². The normalized spacial score (nSPS) is 28.9. The third-order valence-electron chi connectivity index (χ3n) is 4.70. The Bertz CT molecular complexity index is 417. The molecule has 3 heteroatoms. The first-order valence-electron chi connectivity index (χ1n) is 8.04. The Hall–Kier alpha value is -1.06. The second-order valence-electron chi connectivity index (χ2n) is 6.26. The molecule has 3 nitrogen and oxygen atoms in total. The molecule has 2 atom stereocenters. The van der Waals surface area contributed by atoms with Crippen molar-refractivity contribution in [3.63, 3.8) is 0 Å². The van der Waals surface area contributed by atoms with Gasteiger partial charge in [0.2, 0.25) is 0 Å². The molecule has 0 radical (unpaired) electrons. The summed E-state index contributed by atoms with van der Waals surface area (Å²) in [6.45, 7) is 4.23. The quantitative estimate of drug-likeness (QED) is 0.810. The van der Waals surface area contributed by atoms with Crippen molar-refractivity contribution >= 4 is 5.69 Å². The number of nitrogens with zero attached hydrogens (tertiary/aromatic N) is 1. The van der Waals surface area contributed by atoms with Gasteiger partial charge in [-0.15, -0.1) is 0 Å². The van der Waals surface area contributed by atoms with E-state index in [1.165, 1.54) is 30.5 Å². The second-order valence-corrected chi connectivity index (χ2v) is 6.26. The fourth-order valence-corrected chi connectivity index (χ4v) is 3.77. The molecule has 2 aliphatic heterocycles. The van der Waals surface area contributed by atoms with Gasteiger partial charge in [-0.3, -0.25) is 0 Å². The van der Waals surface area contributed by atoms with Crippen LogP contribution in [0.3, 0.4) is 0 Å². The highest BCUT2D eigenvalue weighted by Crippen LogP contribution is 2.39. The van der Waals surface area contributed by atoms with Crippen LogP contribution in [0.1, 0.15) is 44.6 Å². The average molecular weight is 274 g/mol. The summed E-state index contributed by atoms with van der Waals surface area (Å²) in [5.41, 5.74) is 2.69. The number of aliphatic hydroxyl groups excluding tert-OH is 1. The monoisotopic (exact) mass is 274 g/mol. The van der Waals surface area contributed by atoms with E-state index in [-0.39, 0.29) is 6.10 Å². The van der Waals surface area contributed by atoms with Gasteiger partial charge in [0.1, 0.15) is 0 Å². The minimum Gasteiger partial charge on any atom is -0.393 e. The number of rotatable bonds is 5. The maximum Gasteiger partial charge on any atom is 0.0579 e. The molecule has 1 aromatic carbocycles. The van der Waals surface area contributed by atoms with Gasteiger partial charge in [0.15, 0.2) is 0 Å². The molecule has 20 heavy (non-hydrogen) atoms. The topological polar surface area (TPSA) is 35.5 Å². The van der Waals surface area contributed by atoms with Crippen molar-refractivity contribution in [3.8, 4) is 0 Å². The SMILES string of the molecule is CCCNCc1ccc(N2C3CCC2CC(O)C3)cc1. The lowest BCUT2D eigenvalue weighted by Gasteiger charge is -2.39. The summed E-state index contributed by atoms with van der Waals surface area (Å²) in [4.78, 5) is 2.55. The number of anilines is 1. The summed E-state index contributed by atoms with van der Waals surface area (Å²) < 4.78 is 0. The van der Waals surface area contributed by atoms with Crippen LogP contribution in [0.15, 0.2) is 24.3 Å². The van der Waals surface area contributed by atoms with Gasteiger partial charge < -0.3 is 15.3 Å². The molecule has 1 aromatic rings. The summed E-state index contributed by atoms with van der Waals surface area (Å²) in [7, 11) is 0. The van der Waals surface area contributed by atoms with Crippen molar-refractivity contribution < 1.29 is 5.11 Å². The largest absolute Gasteiger partial charge is 0.393 e. The molecule has 2 fully saturated rings. The zero-order chi connectivity index (χ0) is 13.9. The molecule has 0 saturated carbocycles. The summed E-state index contributed by atoms with van der Waals surface area (Å²) in [6.07, 6.45) is 5.45. The molecule has 2 heterocycles. The van der Waals surface area contributed by atoms with Crippen LogP contribution in [0.25, 0.3) is 0 Å². The zero-order valence-electron chi connectivity index (χ0n) is 12.4. The minimum absolute atomic E-state index is 0.0822. The van der Waals surface area contributed by atoms with E-state index in [0.717, 1.165) is 25.9 Å². The van der Waals surface area contributed by atoms with Crippen LogP contribution in [-0.2, 0) is 6.54 Å². The minimum atomic E-state index is -0.0822. The van der Waals surface area contributed by atoms with E-state index >= 15 is 0 Å². The van der Waals surface area contributed by atoms with Crippen molar-refractivity contribution in [2.24, 2.45) is 0 Å². The van der Waals surface area contributed by atoms with Gasteiger partial charge in [-0.05, 0) is 56.3 Å². The maximum absolute atomic E-state index is 9.88. The maximum atomic E-state index is 9.88.